The SMILES string of the molecule is CC1CCN(C(=S)Nc2ccccc2)C(C)C1. The second kappa shape index (κ2) is 5.50. The van der Waals surface area contributed by atoms with Crippen molar-refractivity contribution in [2.75, 3.05) is 11.9 Å². The molecule has 1 aromatic carbocycles. The summed E-state index contributed by atoms with van der Waals surface area (Å²) < 4.78 is 0. The van der Waals surface area contributed by atoms with Crippen LogP contribution in [0.5, 0.6) is 0 Å². The van der Waals surface area contributed by atoms with Gasteiger partial charge in [-0.25, -0.2) is 0 Å². The molecule has 3 heteroatoms. The molecule has 2 rings (SSSR count). The Kier molecular flexibility index (Phi) is 4.00. The van der Waals surface area contributed by atoms with Gasteiger partial charge in [0.25, 0.3) is 0 Å². The molecule has 92 valence electrons. The van der Waals surface area contributed by atoms with E-state index in [1.807, 2.05) is 30.3 Å². The van der Waals surface area contributed by atoms with Crippen LogP contribution in [-0.4, -0.2) is 22.6 Å². The van der Waals surface area contributed by atoms with E-state index in [1.54, 1.807) is 0 Å². The summed E-state index contributed by atoms with van der Waals surface area (Å²) in [7, 11) is 0. The van der Waals surface area contributed by atoms with E-state index in [4.69, 9.17) is 12.2 Å². The van der Waals surface area contributed by atoms with Crippen molar-refractivity contribution >= 4 is 23.0 Å². The molecule has 0 saturated carbocycles. The van der Waals surface area contributed by atoms with Crippen LogP contribution in [0.4, 0.5) is 5.69 Å². The average Bonchev–Trinajstić information content (AvgIpc) is 2.30. The Morgan fingerprint density at radius 2 is 2.00 bits per heavy atom. The summed E-state index contributed by atoms with van der Waals surface area (Å²) in [6.07, 6.45) is 2.47. The maximum atomic E-state index is 5.49. The Balaban J connectivity index is 1.96. The third-order valence-corrected chi connectivity index (χ3v) is 3.76. The van der Waals surface area contributed by atoms with Crippen LogP contribution in [0.1, 0.15) is 26.7 Å². The van der Waals surface area contributed by atoms with Gasteiger partial charge in [-0.2, -0.15) is 0 Å². The van der Waals surface area contributed by atoms with Gasteiger partial charge in [-0.3, -0.25) is 0 Å². The molecule has 1 aliphatic rings. The first kappa shape index (κ1) is 12.4. The number of nitrogens with zero attached hydrogens (tertiary/aromatic N) is 1. The Bertz CT molecular complexity index is 377. The largest absolute Gasteiger partial charge is 0.346 e. The molecular formula is C14H20N2S. The molecule has 0 bridgehead atoms. The predicted octanol–water partition coefficient (Wildman–Crippen LogP) is 3.50. The second-order valence-electron chi connectivity index (χ2n) is 4.97. The standard InChI is InChI=1S/C14H20N2S/c1-11-8-9-16(12(2)10-11)14(17)15-13-6-4-3-5-7-13/h3-7,11-12H,8-10H2,1-2H3,(H,15,17). The number of likely N-dealkylation sites (tertiary alicyclic amines) is 1. The first-order valence-corrected chi connectivity index (χ1v) is 6.70. The van der Waals surface area contributed by atoms with Crippen molar-refractivity contribution in [3.63, 3.8) is 0 Å². The molecule has 0 aliphatic carbocycles. The van der Waals surface area contributed by atoms with E-state index >= 15 is 0 Å². The Hall–Kier alpha value is -1.09. The summed E-state index contributed by atoms with van der Waals surface area (Å²) in [6, 6.07) is 10.7. The molecule has 1 aromatic rings. The monoisotopic (exact) mass is 248 g/mol. The van der Waals surface area contributed by atoms with E-state index in [9.17, 15) is 0 Å². The summed E-state index contributed by atoms with van der Waals surface area (Å²) in [5.41, 5.74) is 1.07. The van der Waals surface area contributed by atoms with Gasteiger partial charge in [0.05, 0.1) is 0 Å². The lowest BCUT2D eigenvalue weighted by Gasteiger charge is -2.38. The van der Waals surface area contributed by atoms with Crippen LogP contribution in [0, 0.1) is 5.92 Å². The normalized spacial score (nSPS) is 24.5. The van der Waals surface area contributed by atoms with Crippen LogP contribution in [0.25, 0.3) is 0 Å². The summed E-state index contributed by atoms with van der Waals surface area (Å²) in [4.78, 5) is 2.31. The minimum atomic E-state index is 0.544. The zero-order valence-corrected chi connectivity index (χ0v) is 11.3. The van der Waals surface area contributed by atoms with Crippen molar-refractivity contribution in [1.82, 2.24) is 4.90 Å². The number of para-hydroxylation sites is 1. The van der Waals surface area contributed by atoms with Gasteiger partial charge in [0, 0.05) is 18.3 Å². The lowest BCUT2D eigenvalue weighted by molar-refractivity contribution is 0.212. The molecule has 1 saturated heterocycles. The zero-order chi connectivity index (χ0) is 12.3. The molecule has 0 aromatic heterocycles. The quantitative estimate of drug-likeness (QED) is 0.766. The topological polar surface area (TPSA) is 15.3 Å². The third-order valence-electron chi connectivity index (χ3n) is 3.42. The molecule has 0 radical (unpaired) electrons. The third kappa shape index (κ3) is 3.19. The van der Waals surface area contributed by atoms with Gasteiger partial charge in [0.15, 0.2) is 5.11 Å². The van der Waals surface area contributed by atoms with Gasteiger partial charge in [0.2, 0.25) is 0 Å². The zero-order valence-electron chi connectivity index (χ0n) is 10.5. The average molecular weight is 248 g/mol. The number of anilines is 1. The Morgan fingerprint density at radius 1 is 1.29 bits per heavy atom. The maximum Gasteiger partial charge on any atom is 0.173 e. The smallest absolute Gasteiger partial charge is 0.173 e. The van der Waals surface area contributed by atoms with Crippen LogP contribution in [-0.2, 0) is 0 Å². The second-order valence-corrected chi connectivity index (χ2v) is 5.35. The van der Waals surface area contributed by atoms with Gasteiger partial charge in [-0.15, -0.1) is 0 Å². The number of nitrogens with one attached hydrogen (secondary N) is 1. The molecule has 0 spiro atoms. The van der Waals surface area contributed by atoms with E-state index in [0.29, 0.717) is 6.04 Å². The van der Waals surface area contributed by atoms with Gasteiger partial charge in [-0.1, -0.05) is 25.1 Å². The molecule has 2 nitrogen and oxygen atoms in total. The molecule has 1 aliphatic heterocycles. The molecule has 2 unspecified atom stereocenters. The first-order valence-electron chi connectivity index (χ1n) is 6.29. The van der Waals surface area contributed by atoms with E-state index < -0.39 is 0 Å². The number of thiocarbonyl (C=S) groups is 1. The van der Waals surface area contributed by atoms with Gasteiger partial charge in [0.1, 0.15) is 0 Å². The number of rotatable bonds is 1. The molecule has 2 atom stereocenters. The number of piperidine rings is 1. The number of hydrogen-bond donors (Lipinski definition) is 1. The highest BCUT2D eigenvalue weighted by Gasteiger charge is 2.24. The fraction of sp³-hybridized carbons (Fsp3) is 0.500. The first-order chi connectivity index (χ1) is 8.16. The fourth-order valence-corrected chi connectivity index (χ4v) is 2.81. The van der Waals surface area contributed by atoms with Crippen molar-refractivity contribution in [3.05, 3.63) is 30.3 Å². The molecule has 1 N–H and O–H groups in total. The summed E-state index contributed by atoms with van der Waals surface area (Å²) in [6.45, 7) is 5.65. The van der Waals surface area contributed by atoms with Crippen molar-refractivity contribution < 1.29 is 0 Å². The molecule has 1 heterocycles. The highest BCUT2D eigenvalue weighted by Crippen LogP contribution is 2.22. The molecule has 17 heavy (non-hydrogen) atoms. The molecule has 0 amide bonds. The van der Waals surface area contributed by atoms with Gasteiger partial charge in [-0.05, 0) is 50.0 Å². The van der Waals surface area contributed by atoms with E-state index in [1.165, 1.54) is 12.8 Å². The van der Waals surface area contributed by atoms with Gasteiger partial charge >= 0.3 is 0 Å². The Labute approximate surface area is 109 Å². The summed E-state index contributed by atoms with van der Waals surface area (Å²) in [5.74, 6) is 0.820. The van der Waals surface area contributed by atoms with E-state index in [2.05, 4.69) is 24.1 Å². The number of benzene rings is 1. The molecular weight excluding hydrogens is 228 g/mol. The highest BCUT2D eigenvalue weighted by atomic mass is 32.1. The fourth-order valence-electron chi connectivity index (χ4n) is 2.43. The van der Waals surface area contributed by atoms with Crippen molar-refractivity contribution in [2.24, 2.45) is 5.92 Å². The van der Waals surface area contributed by atoms with Crippen LogP contribution in [0.2, 0.25) is 0 Å². The van der Waals surface area contributed by atoms with Crippen molar-refractivity contribution in [3.8, 4) is 0 Å². The minimum absolute atomic E-state index is 0.544. The highest BCUT2D eigenvalue weighted by molar-refractivity contribution is 7.80. The van der Waals surface area contributed by atoms with E-state index in [-0.39, 0.29) is 0 Å². The number of hydrogen-bond acceptors (Lipinski definition) is 1. The van der Waals surface area contributed by atoms with Crippen LogP contribution in [0.15, 0.2) is 30.3 Å². The maximum absolute atomic E-state index is 5.49. The van der Waals surface area contributed by atoms with Gasteiger partial charge < -0.3 is 10.2 Å². The van der Waals surface area contributed by atoms with E-state index in [0.717, 1.165) is 23.3 Å². The minimum Gasteiger partial charge on any atom is -0.346 e. The van der Waals surface area contributed by atoms with Crippen LogP contribution < -0.4 is 5.32 Å². The summed E-state index contributed by atoms with van der Waals surface area (Å²) >= 11 is 5.49. The lowest BCUT2D eigenvalue weighted by atomic mass is 9.94. The lowest BCUT2D eigenvalue weighted by Crippen LogP contribution is -2.46. The Morgan fingerprint density at radius 3 is 2.65 bits per heavy atom. The molecule has 1 fully saturated rings. The predicted molar refractivity (Wildman–Crippen MR) is 77.2 cm³/mol. The van der Waals surface area contributed by atoms with Crippen LogP contribution in [0.3, 0.4) is 0 Å². The summed E-state index contributed by atoms with van der Waals surface area (Å²) in [5, 5.41) is 4.17. The van der Waals surface area contributed by atoms with Crippen molar-refractivity contribution in [1.29, 1.82) is 0 Å². The van der Waals surface area contributed by atoms with Crippen molar-refractivity contribution in [2.45, 2.75) is 32.7 Å². The van der Waals surface area contributed by atoms with Crippen LogP contribution >= 0.6 is 12.2 Å².